The lowest BCUT2D eigenvalue weighted by atomic mass is 10.1. The summed E-state index contributed by atoms with van der Waals surface area (Å²) in [6, 6.07) is 13.1. The van der Waals surface area contributed by atoms with E-state index in [1.165, 1.54) is 7.11 Å². The summed E-state index contributed by atoms with van der Waals surface area (Å²) in [6.45, 7) is 0.00775. The Morgan fingerprint density at radius 3 is 2.48 bits per heavy atom. The first kappa shape index (κ1) is 18.5. The van der Waals surface area contributed by atoms with Gasteiger partial charge in [-0.1, -0.05) is 30.4 Å². The van der Waals surface area contributed by atoms with E-state index in [9.17, 15) is 4.79 Å². The van der Waals surface area contributed by atoms with Gasteiger partial charge in [0.25, 0.3) is 0 Å². The average Bonchev–Trinajstić information content (AvgIpc) is 2.65. The molecule has 0 amide bonds. The number of methoxy groups -OCH3 is 2. The fourth-order valence-electron chi connectivity index (χ4n) is 2.27. The monoisotopic (exact) mass is 342 g/mol. The molecule has 0 saturated carbocycles. The highest BCUT2D eigenvalue weighted by Crippen LogP contribution is 2.33. The number of carbonyl (C=O) groups is 1. The molecular formula is C20H22O5. The van der Waals surface area contributed by atoms with Crippen LogP contribution in [0.15, 0.2) is 48.5 Å². The van der Waals surface area contributed by atoms with Crippen molar-refractivity contribution in [1.82, 2.24) is 0 Å². The van der Waals surface area contributed by atoms with Gasteiger partial charge in [0.2, 0.25) is 0 Å². The highest BCUT2D eigenvalue weighted by atomic mass is 16.5. The number of rotatable bonds is 8. The largest absolute Gasteiger partial charge is 0.493 e. The molecule has 5 heteroatoms. The summed E-state index contributed by atoms with van der Waals surface area (Å²) < 4.78 is 15.9. The molecule has 0 unspecified atom stereocenters. The molecule has 5 nitrogen and oxygen atoms in total. The fraction of sp³-hybridized carbons (Fsp3) is 0.250. The Hall–Kier alpha value is -2.79. The van der Waals surface area contributed by atoms with Crippen molar-refractivity contribution >= 4 is 12.0 Å². The van der Waals surface area contributed by atoms with Crippen LogP contribution in [0.1, 0.15) is 17.5 Å². The van der Waals surface area contributed by atoms with Gasteiger partial charge in [0.1, 0.15) is 5.75 Å². The molecule has 2 aromatic rings. The minimum atomic E-state index is -0.246. The number of aryl methyl sites for hydroxylation is 1. The number of aliphatic hydroxyl groups excluding tert-OH is 1. The first-order valence-electron chi connectivity index (χ1n) is 7.95. The molecule has 0 spiro atoms. The molecule has 2 aromatic carbocycles. The van der Waals surface area contributed by atoms with Gasteiger partial charge in [0.05, 0.1) is 20.8 Å². The molecular weight excluding hydrogens is 320 g/mol. The Balaban J connectivity index is 2.13. The zero-order chi connectivity index (χ0) is 18.1. The SMILES string of the molecule is COC(=O)CCc1ccc(OC)c(Oc2ccc(/C=C\CO)cc2)c1. The first-order chi connectivity index (χ1) is 12.2. The molecule has 0 aliphatic heterocycles. The number of aliphatic hydroxyl groups is 1. The van der Waals surface area contributed by atoms with Crippen molar-refractivity contribution in [2.75, 3.05) is 20.8 Å². The Morgan fingerprint density at radius 1 is 1.08 bits per heavy atom. The summed E-state index contributed by atoms with van der Waals surface area (Å²) in [7, 11) is 2.96. The maximum absolute atomic E-state index is 11.3. The van der Waals surface area contributed by atoms with Gasteiger partial charge in [-0.2, -0.15) is 0 Å². The minimum absolute atomic E-state index is 0.00775. The molecule has 132 valence electrons. The van der Waals surface area contributed by atoms with Crippen molar-refractivity contribution in [2.45, 2.75) is 12.8 Å². The van der Waals surface area contributed by atoms with Crippen LogP contribution < -0.4 is 9.47 Å². The second-order valence-corrected chi connectivity index (χ2v) is 5.32. The molecule has 25 heavy (non-hydrogen) atoms. The highest BCUT2D eigenvalue weighted by Gasteiger charge is 2.09. The quantitative estimate of drug-likeness (QED) is 0.743. The van der Waals surface area contributed by atoms with E-state index in [0.29, 0.717) is 30.1 Å². The van der Waals surface area contributed by atoms with Crippen LogP contribution in [0.3, 0.4) is 0 Å². The van der Waals surface area contributed by atoms with Crippen LogP contribution in [0, 0.1) is 0 Å². The summed E-state index contributed by atoms with van der Waals surface area (Å²) in [5.74, 6) is 1.63. The average molecular weight is 342 g/mol. The van der Waals surface area contributed by atoms with Gasteiger partial charge in [0.15, 0.2) is 11.5 Å². The van der Waals surface area contributed by atoms with Crippen LogP contribution in [0.5, 0.6) is 17.2 Å². The highest BCUT2D eigenvalue weighted by molar-refractivity contribution is 5.69. The van der Waals surface area contributed by atoms with Gasteiger partial charge in [-0.3, -0.25) is 4.79 Å². The molecule has 0 bridgehead atoms. The lowest BCUT2D eigenvalue weighted by molar-refractivity contribution is -0.140. The molecule has 2 rings (SSSR count). The van der Waals surface area contributed by atoms with Crippen molar-refractivity contribution in [3.63, 3.8) is 0 Å². The molecule has 0 fully saturated rings. The summed E-state index contributed by atoms with van der Waals surface area (Å²) in [4.78, 5) is 11.3. The fourth-order valence-corrected chi connectivity index (χ4v) is 2.27. The van der Waals surface area contributed by atoms with Crippen LogP contribution in [0.25, 0.3) is 6.08 Å². The van der Waals surface area contributed by atoms with Gasteiger partial charge in [0, 0.05) is 6.42 Å². The van der Waals surface area contributed by atoms with E-state index in [-0.39, 0.29) is 12.6 Å². The van der Waals surface area contributed by atoms with Crippen molar-refractivity contribution < 1.29 is 24.1 Å². The Labute approximate surface area is 147 Å². The number of carbonyl (C=O) groups excluding carboxylic acids is 1. The predicted molar refractivity (Wildman–Crippen MR) is 96.0 cm³/mol. The molecule has 0 aliphatic carbocycles. The molecule has 0 aromatic heterocycles. The molecule has 0 aliphatic rings. The third kappa shape index (κ3) is 5.65. The predicted octanol–water partition coefficient (Wildman–Crippen LogP) is 3.60. The van der Waals surface area contributed by atoms with Crippen LogP contribution in [0.4, 0.5) is 0 Å². The topological polar surface area (TPSA) is 65.0 Å². The lowest BCUT2D eigenvalue weighted by Gasteiger charge is -2.12. The molecule has 1 N–H and O–H groups in total. The summed E-state index contributed by atoms with van der Waals surface area (Å²) in [6.07, 6.45) is 4.38. The van der Waals surface area contributed by atoms with Gasteiger partial charge < -0.3 is 19.3 Å². The van der Waals surface area contributed by atoms with Crippen molar-refractivity contribution in [2.24, 2.45) is 0 Å². The van der Waals surface area contributed by atoms with Crippen molar-refractivity contribution in [1.29, 1.82) is 0 Å². The van der Waals surface area contributed by atoms with E-state index < -0.39 is 0 Å². The second-order valence-electron chi connectivity index (χ2n) is 5.32. The zero-order valence-electron chi connectivity index (χ0n) is 14.4. The Morgan fingerprint density at radius 2 is 1.84 bits per heavy atom. The Bertz CT molecular complexity index is 719. The first-order valence-corrected chi connectivity index (χ1v) is 7.95. The third-order valence-electron chi connectivity index (χ3n) is 3.60. The van der Waals surface area contributed by atoms with E-state index in [1.54, 1.807) is 13.2 Å². The minimum Gasteiger partial charge on any atom is -0.493 e. The van der Waals surface area contributed by atoms with Gasteiger partial charge in [-0.25, -0.2) is 0 Å². The van der Waals surface area contributed by atoms with Crippen LogP contribution >= 0.6 is 0 Å². The van der Waals surface area contributed by atoms with E-state index in [0.717, 1.165) is 11.1 Å². The van der Waals surface area contributed by atoms with Gasteiger partial charge >= 0.3 is 5.97 Å². The number of esters is 1. The van der Waals surface area contributed by atoms with Crippen LogP contribution in [-0.2, 0) is 16.0 Å². The Kier molecular flexibility index (Phi) is 7.04. The van der Waals surface area contributed by atoms with Crippen LogP contribution in [0.2, 0.25) is 0 Å². The van der Waals surface area contributed by atoms with E-state index >= 15 is 0 Å². The van der Waals surface area contributed by atoms with Crippen LogP contribution in [-0.4, -0.2) is 31.9 Å². The lowest BCUT2D eigenvalue weighted by Crippen LogP contribution is -2.02. The molecule has 0 heterocycles. The normalized spacial score (nSPS) is 10.7. The van der Waals surface area contributed by atoms with Gasteiger partial charge in [-0.05, 0) is 41.8 Å². The maximum atomic E-state index is 11.3. The zero-order valence-corrected chi connectivity index (χ0v) is 14.4. The van der Waals surface area contributed by atoms with Crippen molar-refractivity contribution in [3.8, 4) is 17.2 Å². The second kappa shape index (κ2) is 9.49. The third-order valence-corrected chi connectivity index (χ3v) is 3.60. The van der Waals surface area contributed by atoms with E-state index in [2.05, 4.69) is 4.74 Å². The maximum Gasteiger partial charge on any atom is 0.305 e. The van der Waals surface area contributed by atoms with E-state index in [4.69, 9.17) is 14.6 Å². The number of benzene rings is 2. The number of hydrogen-bond donors (Lipinski definition) is 1. The van der Waals surface area contributed by atoms with Gasteiger partial charge in [-0.15, -0.1) is 0 Å². The molecule has 0 atom stereocenters. The standard InChI is InChI=1S/C20H22O5/c1-23-18-11-7-16(8-12-20(22)24-2)14-19(18)25-17-9-5-15(6-10-17)4-3-13-21/h3-7,9-11,14,21H,8,12-13H2,1-2H3/b4-3-. The number of hydrogen-bond acceptors (Lipinski definition) is 5. The van der Waals surface area contributed by atoms with Crippen molar-refractivity contribution in [3.05, 3.63) is 59.7 Å². The number of ether oxygens (including phenoxy) is 3. The molecule has 0 saturated heterocycles. The summed E-state index contributed by atoms with van der Waals surface area (Å²) in [5, 5.41) is 8.80. The summed E-state index contributed by atoms with van der Waals surface area (Å²) in [5.41, 5.74) is 1.93. The summed E-state index contributed by atoms with van der Waals surface area (Å²) >= 11 is 0. The molecule has 0 radical (unpaired) electrons. The smallest absolute Gasteiger partial charge is 0.305 e. The van der Waals surface area contributed by atoms with E-state index in [1.807, 2.05) is 48.5 Å².